The summed E-state index contributed by atoms with van der Waals surface area (Å²) in [5, 5.41) is 0. The van der Waals surface area contributed by atoms with Crippen LogP contribution in [0.25, 0.3) is 0 Å². The van der Waals surface area contributed by atoms with E-state index in [0.29, 0.717) is 35.7 Å². The van der Waals surface area contributed by atoms with E-state index >= 15 is 0 Å². The molecule has 0 saturated carbocycles. The fourth-order valence-corrected chi connectivity index (χ4v) is 2.91. The molecule has 0 fully saturated rings. The maximum atomic E-state index is 13.0. The number of imide groups is 1. The fraction of sp³-hybridized carbons (Fsp3) is 0.250. The number of anilines is 1. The molecule has 1 aliphatic rings. The Labute approximate surface area is 146 Å². The van der Waals surface area contributed by atoms with E-state index in [1.165, 1.54) is 4.90 Å². The van der Waals surface area contributed by atoms with E-state index in [2.05, 4.69) is 4.99 Å². The van der Waals surface area contributed by atoms with Crippen LogP contribution in [0.2, 0.25) is 0 Å². The van der Waals surface area contributed by atoms with E-state index in [9.17, 15) is 9.59 Å². The molecule has 0 aromatic heterocycles. The third kappa shape index (κ3) is 3.18. The smallest absolute Gasteiger partial charge is 0.265 e. The molecule has 1 atom stereocenters. The van der Waals surface area contributed by atoms with Crippen LogP contribution in [-0.4, -0.2) is 31.2 Å². The van der Waals surface area contributed by atoms with Crippen molar-refractivity contribution in [2.75, 3.05) is 18.1 Å². The van der Waals surface area contributed by atoms with Crippen molar-refractivity contribution in [2.45, 2.75) is 19.8 Å². The van der Waals surface area contributed by atoms with Gasteiger partial charge in [-0.05, 0) is 49.7 Å². The molecule has 5 heteroatoms. The molecular weight excluding hydrogens is 316 g/mol. The second-order valence-corrected chi connectivity index (χ2v) is 5.62. The molecule has 25 heavy (non-hydrogen) atoms. The fourth-order valence-electron chi connectivity index (χ4n) is 2.91. The first-order chi connectivity index (χ1) is 12.2. The highest BCUT2D eigenvalue weighted by Crippen LogP contribution is 2.32. The van der Waals surface area contributed by atoms with E-state index in [-0.39, 0.29) is 11.8 Å². The Morgan fingerprint density at radius 2 is 1.80 bits per heavy atom. The van der Waals surface area contributed by atoms with Crippen molar-refractivity contribution >= 4 is 23.7 Å². The second kappa shape index (κ2) is 7.30. The van der Waals surface area contributed by atoms with Gasteiger partial charge >= 0.3 is 0 Å². The summed E-state index contributed by atoms with van der Waals surface area (Å²) in [6.45, 7) is 4.96. The predicted molar refractivity (Wildman–Crippen MR) is 97.6 cm³/mol. The molecule has 0 spiro atoms. The van der Waals surface area contributed by atoms with Crippen LogP contribution in [0.1, 0.15) is 35.7 Å². The summed E-state index contributed by atoms with van der Waals surface area (Å²) >= 11 is 0. The monoisotopic (exact) mass is 336 g/mol. The lowest BCUT2D eigenvalue weighted by molar-refractivity contribution is -0.118. The SMILES string of the molecule is CCN=CC1C(=O)N(c2ccc(OCC)cc2)C(=O)c2ccccc21. The zero-order valence-electron chi connectivity index (χ0n) is 14.3. The Hall–Kier alpha value is -2.95. The van der Waals surface area contributed by atoms with Crippen molar-refractivity contribution in [3.8, 4) is 5.75 Å². The molecule has 2 amide bonds. The van der Waals surface area contributed by atoms with E-state index in [1.54, 1.807) is 42.6 Å². The molecule has 0 bridgehead atoms. The van der Waals surface area contributed by atoms with Crippen molar-refractivity contribution < 1.29 is 14.3 Å². The minimum Gasteiger partial charge on any atom is -0.494 e. The van der Waals surface area contributed by atoms with Gasteiger partial charge < -0.3 is 4.74 Å². The minimum atomic E-state index is -0.555. The summed E-state index contributed by atoms with van der Waals surface area (Å²) in [4.78, 5) is 31.3. The number of carbonyl (C=O) groups is 2. The van der Waals surface area contributed by atoms with Gasteiger partial charge in [0.1, 0.15) is 5.75 Å². The van der Waals surface area contributed by atoms with E-state index in [4.69, 9.17) is 4.74 Å². The number of nitrogens with zero attached hydrogens (tertiary/aromatic N) is 2. The summed E-state index contributed by atoms with van der Waals surface area (Å²) in [5.41, 5.74) is 1.77. The molecule has 2 aromatic carbocycles. The van der Waals surface area contributed by atoms with Crippen molar-refractivity contribution in [3.05, 3.63) is 59.7 Å². The molecule has 1 aliphatic heterocycles. The molecule has 0 radical (unpaired) electrons. The normalized spacial score (nSPS) is 17.0. The van der Waals surface area contributed by atoms with Gasteiger partial charge in [0.2, 0.25) is 5.91 Å². The van der Waals surface area contributed by atoms with Crippen LogP contribution >= 0.6 is 0 Å². The van der Waals surface area contributed by atoms with Gasteiger partial charge in [0, 0.05) is 18.3 Å². The third-order valence-corrected chi connectivity index (χ3v) is 4.06. The molecule has 2 aromatic rings. The highest BCUT2D eigenvalue weighted by molar-refractivity contribution is 6.29. The average Bonchev–Trinajstić information content (AvgIpc) is 2.63. The quantitative estimate of drug-likeness (QED) is 0.621. The van der Waals surface area contributed by atoms with Crippen LogP contribution in [0.5, 0.6) is 5.75 Å². The van der Waals surface area contributed by atoms with Crippen molar-refractivity contribution in [1.82, 2.24) is 0 Å². The van der Waals surface area contributed by atoms with Gasteiger partial charge in [0.15, 0.2) is 0 Å². The number of hydrogen-bond acceptors (Lipinski definition) is 4. The number of aliphatic imine (C=N–C) groups is 1. The summed E-state index contributed by atoms with van der Waals surface area (Å²) in [5.74, 6) is -0.455. The average molecular weight is 336 g/mol. The largest absolute Gasteiger partial charge is 0.494 e. The van der Waals surface area contributed by atoms with Gasteiger partial charge in [-0.2, -0.15) is 0 Å². The highest BCUT2D eigenvalue weighted by Gasteiger charge is 2.38. The lowest BCUT2D eigenvalue weighted by Gasteiger charge is -2.31. The minimum absolute atomic E-state index is 0.287. The van der Waals surface area contributed by atoms with Crippen molar-refractivity contribution in [2.24, 2.45) is 4.99 Å². The van der Waals surface area contributed by atoms with Crippen LogP contribution in [0.3, 0.4) is 0 Å². The third-order valence-electron chi connectivity index (χ3n) is 4.06. The van der Waals surface area contributed by atoms with Gasteiger partial charge in [0.25, 0.3) is 5.91 Å². The maximum Gasteiger partial charge on any atom is 0.265 e. The maximum absolute atomic E-state index is 13.0. The number of ether oxygens (including phenoxy) is 1. The number of hydrogen-bond donors (Lipinski definition) is 0. The lowest BCUT2D eigenvalue weighted by atomic mass is 9.89. The first-order valence-electron chi connectivity index (χ1n) is 8.37. The molecular formula is C20H20N2O3. The molecule has 3 rings (SSSR count). The lowest BCUT2D eigenvalue weighted by Crippen LogP contribution is -2.45. The Balaban J connectivity index is 2.04. The first-order valence-corrected chi connectivity index (χ1v) is 8.37. The van der Waals surface area contributed by atoms with Crippen LogP contribution in [0, 0.1) is 0 Å². The van der Waals surface area contributed by atoms with Gasteiger partial charge in [-0.25, -0.2) is 4.90 Å². The number of amides is 2. The van der Waals surface area contributed by atoms with Gasteiger partial charge in [-0.3, -0.25) is 14.6 Å². The highest BCUT2D eigenvalue weighted by atomic mass is 16.5. The van der Waals surface area contributed by atoms with Crippen LogP contribution in [-0.2, 0) is 4.79 Å². The zero-order chi connectivity index (χ0) is 17.8. The van der Waals surface area contributed by atoms with Crippen molar-refractivity contribution in [3.63, 3.8) is 0 Å². The summed E-state index contributed by atoms with van der Waals surface area (Å²) < 4.78 is 5.42. The zero-order valence-corrected chi connectivity index (χ0v) is 14.3. The Morgan fingerprint density at radius 3 is 2.48 bits per heavy atom. The number of benzene rings is 2. The van der Waals surface area contributed by atoms with Gasteiger partial charge in [-0.1, -0.05) is 18.2 Å². The summed E-state index contributed by atoms with van der Waals surface area (Å²) in [6, 6.07) is 14.2. The van der Waals surface area contributed by atoms with Crippen LogP contribution in [0.15, 0.2) is 53.5 Å². The molecule has 0 saturated heterocycles. The molecule has 1 unspecified atom stereocenters. The molecule has 128 valence electrons. The molecule has 0 aliphatic carbocycles. The van der Waals surface area contributed by atoms with Gasteiger partial charge in [0.05, 0.1) is 18.2 Å². The number of rotatable bonds is 5. The van der Waals surface area contributed by atoms with Gasteiger partial charge in [-0.15, -0.1) is 0 Å². The van der Waals surface area contributed by atoms with E-state index < -0.39 is 5.92 Å². The predicted octanol–water partition coefficient (Wildman–Crippen LogP) is 3.45. The Morgan fingerprint density at radius 1 is 1.08 bits per heavy atom. The summed E-state index contributed by atoms with van der Waals surface area (Å²) in [6.07, 6.45) is 1.63. The van der Waals surface area contributed by atoms with E-state index in [0.717, 1.165) is 0 Å². The first kappa shape index (κ1) is 16.9. The molecule has 1 heterocycles. The van der Waals surface area contributed by atoms with Crippen molar-refractivity contribution in [1.29, 1.82) is 0 Å². The van der Waals surface area contributed by atoms with E-state index in [1.807, 2.05) is 26.0 Å². The number of carbonyl (C=O) groups excluding carboxylic acids is 2. The molecule has 5 nitrogen and oxygen atoms in total. The topological polar surface area (TPSA) is 59.0 Å². The van der Waals surface area contributed by atoms with Crippen LogP contribution in [0.4, 0.5) is 5.69 Å². The Bertz CT molecular complexity index is 812. The number of fused-ring (bicyclic) bond motifs is 1. The Kier molecular flexibility index (Phi) is 4.93. The summed E-state index contributed by atoms with van der Waals surface area (Å²) in [7, 11) is 0. The molecule has 0 N–H and O–H groups in total. The van der Waals surface area contributed by atoms with Crippen LogP contribution < -0.4 is 9.64 Å². The standard InChI is InChI=1S/C20H20N2O3/c1-3-21-13-18-16-7-5-6-8-17(16)19(23)22(20(18)24)14-9-11-15(12-10-14)25-4-2/h5-13,18H,3-4H2,1-2H3. The second-order valence-electron chi connectivity index (χ2n) is 5.62.